The average Bonchev–Trinajstić information content (AvgIpc) is 2.80. The SMILES string of the molecule is CNC(CCN1CCN(C(=O)c2ccc3c(c2)CCC(=O)N3)CC1)c1ccccc1. The van der Waals surface area contributed by atoms with E-state index in [9.17, 15) is 9.59 Å². The summed E-state index contributed by atoms with van der Waals surface area (Å²) in [5, 5.41) is 6.29. The number of carbonyl (C=O) groups excluding carboxylic acids is 2. The van der Waals surface area contributed by atoms with E-state index in [1.165, 1.54) is 5.56 Å². The number of hydrogen-bond acceptors (Lipinski definition) is 4. The van der Waals surface area contributed by atoms with Gasteiger partial charge in [0.05, 0.1) is 0 Å². The van der Waals surface area contributed by atoms with Crippen LogP contribution >= 0.6 is 0 Å². The molecule has 1 atom stereocenters. The molecule has 0 radical (unpaired) electrons. The maximum atomic E-state index is 13.0. The Hall–Kier alpha value is -2.70. The second-order valence-electron chi connectivity index (χ2n) is 8.09. The zero-order valence-electron chi connectivity index (χ0n) is 17.6. The maximum Gasteiger partial charge on any atom is 0.253 e. The number of benzene rings is 2. The number of hydrogen-bond donors (Lipinski definition) is 2. The van der Waals surface area contributed by atoms with Gasteiger partial charge < -0.3 is 15.5 Å². The fraction of sp³-hybridized carbons (Fsp3) is 0.417. The molecule has 4 rings (SSSR count). The first-order valence-electron chi connectivity index (χ1n) is 10.8. The summed E-state index contributed by atoms with van der Waals surface area (Å²) >= 11 is 0. The van der Waals surface area contributed by atoms with Crippen LogP contribution in [0.3, 0.4) is 0 Å². The Bertz CT molecular complexity index is 891. The molecule has 2 heterocycles. The number of fused-ring (bicyclic) bond motifs is 1. The molecule has 6 nitrogen and oxygen atoms in total. The van der Waals surface area contributed by atoms with Gasteiger partial charge in [-0.1, -0.05) is 30.3 Å². The Labute approximate surface area is 178 Å². The topological polar surface area (TPSA) is 64.7 Å². The summed E-state index contributed by atoms with van der Waals surface area (Å²) in [6.45, 7) is 4.32. The van der Waals surface area contributed by atoms with Gasteiger partial charge in [0.1, 0.15) is 0 Å². The largest absolute Gasteiger partial charge is 0.336 e. The van der Waals surface area contributed by atoms with Gasteiger partial charge in [0.25, 0.3) is 5.91 Å². The van der Waals surface area contributed by atoms with Crippen molar-refractivity contribution >= 4 is 17.5 Å². The van der Waals surface area contributed by atoms with E-state index in [-0.39, 0.29) is 11.8 Å². The first-order chi connectivity index (χ1) is 14.6. The Morgan fingerprint density at radius 2 is 1.83 bits per heavy atom. The van der Waals surface area contributed by atoms with Crippen LogP contribution in [0.25, 0.3) is 0 Å². The maximum absolute atomic E-state index is 13.0. The fourth-order valence-corrected chi connectivity index (χ4v) is 4.35. The van der Waals surface area contributed by atoms with E-state index >= 15 is 0 Å². The Morgan fingerprint density at radius 1 is 1.07 bits per heavy atom. The molecule has 0 aliphatic carbocycles. The fourth-order valence-electron chi connectivity index (χ4n) is 4.35. The third-order valence-electron chi connectivity index (χ3n) is 6.19. The highest BCUT2D eigenvalue weighted by Crippen LogP contribution is 2.24. The summed E-state index contributed by atoms with van der Waals surface area (Å²) in [6, 6.07) is 16.5. The van der Waals surface area contributed by atoms with E-state index in [0.717, 1.165) is 56.0 Å². The molecule has 1 saturated heterocycles. The summed E-state index contributed by atoms with van der Waals surface area (Å²) in [5.74, 6) is 0.136. The lowest BCUT2D eigenvalue weighted by molar-refractivity contribution is -0.116. The molecule has 2 amide bonds. The number of amides is 2. The van der Waals surface area contributed by atoms with Gasteiger partial charge in [-0.3, -0.25) is 14.5 Å². The van der Waals surface area contributed by atoms with Gasteiger partial charge in [-0.15, -0.1) is 0 Å². The van der Waals surface area contributed by atoms with Crippen LogP contribution in [-0.4, -0.2) is 61.4 Å². The van der Waals surface area contributed by atoms with Gasteiger partial charge in [-0.2, -0.15) is 0 Å². The molecule has 1 unspecified atom stereocenters. The highest BCUT2D eigenvalue weighted by molar-refractivity contribution is 5.98. The quantitative estimate of drug-likeness (QED) is 0.774. The van der Waals surface area contributed by atoms with Gasteiger partial charge in [-0.05, 0) is 49.2 Å². The van der Waals surface area contributed by atoms with Gasteiger partial charge in [-0.25, -0.2) is 0 Å². The molecule has 30 heavy (non-hydrogen) atoms. The number of piperazine rings is 1. The minimum Gasteiger partial charge on any atom is -0.336 e. The molecule has 0 saturated carbocycles. The van der Waals surface area contributed by atoms with Crippen LogP contribution in [0.1, 0.15) is 40.4 Å². The minimum atomic E-state index is 0.0467. The van der Waals surface area contributed by atoms with Gasteiger partial charge in [0.2, 0.25) is 5.91 Å². The van der Waals surface area contributed by atoms with Crippen molar-refractivity contribution in [1.29, 1.82) is 0 Å². The highest BCUT2D eigenvalue weighted by atomic mass is 16.2. The van der Waals surface area contributed by atoms with Crippen molar-refractivity contribution in [2.75, 3.05) is 45.1 Å². The lowest BCUT2D eigenvalue weighted by atomic mass is 10.00. The molecule has 6 heteroatoms. The first kappa shape index (κ1) is 20.6. The monoisotopic (exact) mass is 406 g/mol. The number of aryl methyl sites for hydroxylation is 1. The predicted octanol–water partition coefficient (Wildman–Crippen LogP) is 2.68. The van der Waals surface area contributed by atoms with Crippen molar-refractivity contribution < 1.29 is 9.59 Å². The van der Waals surface area contributed by atoms with Crippen molar-refractivity contribution in [3.05, 3.63) is 65.2 Å². The van der Waals surface area contributed by atoms with Crippen LogP contribution in [0, 0.1) is 0 Å². The van der Waals surface area contributed by atoms with E-state index < -0.39 is 0 Å². The predicted molar refractivity (Wildman–Crippen MR) is 119 cm³/mol. The molecule has 2 aromatic rings. The third kappa shape index (κ3) is 4.71. The zero-order valence-corrected chi connectivity index (χ0v) is 17.6. The van der Waals surface area contributed by atoms with Crippen LogP contribution in [0.15, 0.2) is 48.5 Å². The molecule has 2 aromatic carbocycles. The first-order valence-corrected chi connectivity index (χ1v) is 10.8. The molecular weight excluding hydrogens is 376 g/mol. The van der Waals surface area contributed by atoms with Crippen LogP contribution in [0.2, 0.25) is 0 Å². The number of nitrogens with one attached hydrogen (secondary N) is 2. The normalized spacial score (nSPS) is 17.9. The van der Waals surface area contributed by atoms with E-state index in [0.29, 0.717) is 18.9 Å². The van der Waals surface area contributed by atoms with Crippen molar-refractivity contribution in [3.63, 3.8) is 0 Å². The smallest absolute Gasteiger partial charge is 0.253 e. The summed E-state index contributed by atoms with van der Waals surface area (Å²) in [7, 11) is 2.01. The summed E-state index contributed by atoms with van der Waals surface area (Å²) in [4.78, 5) is 28.9. The summed E-state index contributed by atoms with van der Waals surface area (Å²) in [6.07, 6.45) is 2.23. The van der Waals surface area contributed by atoms with Gasteiger partial charge >= 0.3 is 0 Å². The van der Waals surface area contributed by atoms with E-state index in [1.54, 1.807) is 0 Å². The van der Waals surface area contributed by atoms with Gasteiger partial charge in [0.15, 0.2) is 0 Å². The van der Waals surface area contributed by atoms with Crippen molar-refractivity contribution in [1.82, 2.24) is 15.1 Å². The third-order valence-corrected chi connectivity index (χ3v) is 6.19. The number of nitrogens with zero attached hydrogens (tertiary/aromatic N) is 2. The summed E-state index contributed by atoms with van der Waals surface area (Å²) < 4.78 is 0. The van der Waals surface area contributed by atoms with Crippen LogP contribution in [0.4, 0.5) is 5.69 Å². The standard InChI is InChI=1S/C24H30N4O2/c1-25-21(18-5-3-2-4-6-18)11-12-27-13-15-28(16-14-27)24(30)20-7-9-22-19(17-20)8-10-23(29)26-22/h2-7,9,17,21,25H,8,10-16H2,1H3,(H,26,29). The van der Waals surface area contributed by atoms with Crippen molar-refractivity contribution in [2.24, 2.45) is 0 Å². The zero-order chi connectivity index (χ0) is 20.9. The molecular formula is C24H30N4O2. The Morgan fingerprint density at radius 3 is 2.57 bits per heavy atom. The lowest BCUT2D eigenvalue weighted by Gasteiger charge is -2.35. The van der Waals surface area contributed by atoms with Crippen LogP contribution in [-0.2, 0) is 11.2 Å². The van der Waals surface area contributed by atoms with E-state index in [2.05, 4.69) is 39.8 Å². The molecule has 158 valence electrons. The Balaban J connectivity index is 1.29. The molecule has 2 aliphatic rings. The number of anilines is 1. The molecule has 2 aliphatic heterocycles. The molecule has 0 spiro atoms. The average molecular weight is 407 g/mol. The Kier molecular flexibility index (Phi) is 6.45. The molecule has 0 bridgehead atoms. The van der Waals surface area contributed by atoms with Gasteiger partial charge in [0, 0.05) is 56.4 Å². The van der Waals surface area contributed by atoms with E-state index in [1.807, 2.05) is 36.2 Å². The van der Waals surface area contributed by atoms with Crippen LogP contribution in [0.5, 0.6) is 0 Å². The molecule has 2 N–H and O–H groups in total. The van der Waals surface area contributed by atoms with Crippen molar-refractivity contribution in [3.8, 4) is 0 Å². The number of carbonyl (C=O) groups is 2. The lowest BCUT2D eigenvalue weighted by Crippen LogP contribution is -2.49. The molecule has 1 fully saturated rings. The van der Waals surface area contributed by atoms with Crippen LogP contribution < -0.4 is 10.6 Å². The van der Waals surface area contributed by atoms with E-state index in [4.69, 9.17) is 0 Å². The summed E-state index contributed by atoms with van der Waals surface area (Å²) in [5.41, 5.74) is 3.93. The molecule has 0 aromatic heterocycles. The minimum absolute atomic E-state index is 0.0467. The number of rotatable bonds is 6. The van der Waals surface area contributed by atoms with Crippen molar-refractivity contribution in [2.45, 2.75) is 25.3 Å². The second-order valence-corrected chi connectivity index (χ2v) is 8.09. The highest BCUT2D eigenvalue weighted by Gasteiger charge is 2.24. The second kappa shape index (κ2) is 9.41.